The highest BCUT2D eigenvalue weighted by Crippen LogP contribution is 2.25. The van der Waals surface area contributed by atoms with Crippen LogP contribution in [0, 0.1) is 19.8 Å². The molecule has 1 saturated heterocycles. The fraction of sp³-hybridized carbons (Fsp3) is 0.292. The topological polar surface area (TPSA) is 67.2 Å². The third kappa shape index (κ3) is 4.64. The van der Waals surface area contributed by atoms with E-state index in [1.165, 1.54) is 0 Å². The highest BCUT2D eigenvalue weighted by atomic mass is 35.5. The first-order chi connectivity index (χ1) is 14.9. The minimum absolute atomic E-state index is 0.0720. The van der Waals surface area contributed by atoms with Crippen LogP contribution in [0.25, 0.3) is 5.69 Å². The van der Waals surface area contributed by atoms with Crippen molar-refractivity contribution >= 4 is 29.1 Å². The number of nitrogens with one attached hydrogen (secondary N) is 1. The van der Waals surface area contributed by atoms with Gasteiger partial charge in [-0.2, -0.15) is 5.10 Å². The van der Waals surface area contributed by atoms with Crippen LogP contribution in [0.4, 0.5) is 5.69 Å². The second-order valence-corrected chi connectivity index (χ2v) is 8.38. The molecular formula is C24H25ClN4O2. The molecule has 1 atom stereocenters. The molecule has 1 unspecified atom stereocenters. The first-order valence-corrected chi connectivity index (χ1v) is 10.8. The van der Waals surface area contributed by atoms with Gasteiger partial charge in [0, 0.05) is 29.4 Å². The number of amides is 2. The maximum absolute atomic E-state index is 13.1. The molecule has 0 radical (unpaired) electrons. The first-order valence-electron chi connectivity index (χ1n) is 10.4. The van der Waals surface area contributed by atoms with Crippen LogP contribution < -0.4 is 5.32 Å². The number of nitrogens with zero attached hydrogens (tertiary/aromatic N) is 3. The number of carbonyl (C=O) groups excluding carboxylic acids is 2. The zero-order chi connectivity index (χ0) is 22.0. The average Bonchev–Trinajstić information content (AvgIpc) is 3.12. The van der Waals surface area contributed by atoms with Gasteiger partial charge in [-0.15, -0.1) is 0 Å². The summed E-state index contributed by atoms with van der Waals surface area (Å²) in [6.07, 6.45) is 1.54. The van der Waals surface area contributed by atoms with Crippen LogP contribution in [0.3, 0.4) is 0 Å². The van der Waals surface area contributed by atoms with Gasteiger partial charge < -0.3 is 10.2 Å². The molecule has 0 aliphatic carbocycles. The van der Waals surface area contributed by atoms with Gasteiger partial charge >= 0.3 is 0 Å². The van der Waals surface area contributed by atoms with E-state index in [0.717, 1.165) is 29.9 Å². The normalized spacial score (nSPS) is 16.2. The Morgan fingerprint density at radius 3 is 2.55 bits per heavy atom. The third-order valence-electron chi connectivity index (χ3n) is 5.57. The number of aromatic nitrogens is 2. The Balaban J connectivity index is 1.49. The van der Waals surface area contributed by atoms with E-state index in [9.17, 15) is 9.59 Å². The van der Waals surface area contributed by atoms with E-state index >= 15 is 0 Å². The van der Waals surface area contributed by atoms with Crippen molar-refractivity contribution in [3.63, 3.8) is 0 Å². The smallest absolute Gasteiger partial charge is 0.253 e. The molecule has 160 valence electrons. The summed E-state index contributed by atoms with van der Waals surface area (Å²) in [6.45, 7) is 4.97. The molecule has 3 aromatic rings. The van der Waals surface area contributed by atoms with Gasteiger partial charge in [0.1, 0.15) is 0 Å². The second kappa shape index (κ2) is 8.94. The number of piperidine rings is 1. The minimum atomic E-state index is -0.265. The number of rotatable bonds is 4. The van der Waals surface area contributed by atoms with Crippen LogP contribution in [-0.2, 0) is 4.79 Å². The Morgan fingerprint density at radius 2 is 1.84 bits per heavy atom. The molecule has 1 aromatic heterocycles. The first kappa shape index (κ1) is 21.1. The second-order valence-electron chi connectivity index (χ2n) is 7.94. The molecule has 4 rings (SSSR count). The number of aryl methyl sites for hydroxylation is 2. The molecule has 1 N–H and O–H groups in total. The number of anilines is 1. The number of hydrogen-bond donors (Lipinski definition) is 1. The molecule has 1 fully saturated rings. The van der Waals surface area contributed by atoms with Crippen molar-refractivity contribution in [3.05, 3.63) is 76.6 Å². The number of likely N-dealkylation sites (tertiary alicyclic amines) is 1. The summed E-state index contributed by atoms with van der Waals surface area (Å²) in [5.74, 6) is -0.418. The molecule has 0 bridgehead atoms. The molecule has 2 aromatic carbocycles. The lowest BCUT2D eigenvalue weighted by molar-refractivity contribution is -0.121. The van der Waals surface area contributed by atoms with Crippen molar-refractivity contribution in [1.82, 2.24) is 14.7 Å². The predicted octanol–water partition coefficient (Wildman–Crippen LogP) is 4.63. The standard InChI is InChI=1S/C24H25ClN4O2/c1-16-14-17(2)29(27-16)22-8-4-3-7-21(22)26-23(30)19-6-5-13-28(15-19)24(31)18-9-11-20(25)12-10-18/h3-4,7-12,14,19H,5-6,13,15H2,1-2H3,(H,26,30). The van der Waals surface area contributed by atoms with Crippen molar-refractivity contribution in [3.8, 4) is 5.69 Å². The quantitative estimate of drug-likeness (QED) is 0.648. The highest BCUT2D eigenvalue weighted by Gasteiger charge is 2.29. The van der Waals surface area contributed by atoms with Gasteiger partial charge in [0.05, 0.1) is 23.0 Å². The Bertz CT molecular complexity index is 1110. The minimum Gasteiger partial charge on any atom is -0.338 e. The summed E-state index contributed by atoms with van der Waals surface area (Å²) in [7, 11) is 0. The maximum Gasteiger partial charge on any atom is 0.253 e. The lowest BCUT2D eigenvalue weighted by atomic mass is 9.96. The number of para-hydroxylation sites is 2. The monoisotopic (exact) mass is 436 g/mol. The summed E-state index contributed by atoms with van der Waals surface area (Å²) < 4.78 is 1.84. The van der Waals surface area contributed by atoms with Gasteiger partial charge in [0.15, 0.2) is 0 Å². The molecular weight excluding hydrogens is 412 g/mol. The van der Waals surface area contributed by atoms with Crippen molar-refractivity contribution in [2.75, 3.05) is 18.4 Å². The molecule has 0 saturated carbocycles. The van der Waals surface area contributed by atoms with E-state index in [-0.39, 0.29) is 17.7 Å². The Hall–Kier alpha value is -3.12. The van der Waals surface area contributed by atoms with E-state index in [1.54, 1.807) is 29.2 Å². The summed E-state index contributed by atoms with van der Waals surface area (Å²) in [5.41, 5.74) is 4.03. The maximum atomic E-state index is 13.1. The van der Waals surface area contributed by atoms with Gasteiger partial charge in [-0.1, -0.05) is 23.7 Å². The average molecular weight is 437 g/mol. The molecule has 2 amide bonds. The number of carbonyl (C=O) groups is 2. The lowest BCUT2D eigenvalue weighted by Gasteiger charge is -2.32. The fourth-order valence-electron chi connectivity index (χ4n) is 4.02. The number of benzene rings is 2. The predicted molar refractivity (Wildman–Crippen MR) is 122 cm³/mol. The van der Waals surface area contributed by atoms with Crippen molar-refractivity contribution < 1.29 is 9.59 Å². The van der Waals surface area contributed by atoms with E-state index in [1.807, 2.05) is 48.9 Å². The van der Waals surface area contributed by atoms with Gasteiger partial charge in [-0.25, -0.2) is 4.68 Å². The van der Waals surface area contributed by atoms with Crippen LogP contribution >= 0.6 is 11.6 Å². The summed E-state index contributed by atoms with van der Waals surface area (Å²) in [5, 5.41) is 8.20. The van der Waals surface area contributed by atoms with Crippen LogP contribution in [0.5, 0.6) is 0 Å². The van der Waals surface area contributed by atoms with Crippen molar-refractivity contribution in [2.45, 2.75) is 26.7 Å². The van der Waals surface area contributed by atoms with Gasteiger partial charge in [0.2, 0.25) is 5.91 Å². The summed E-state index contributed by atoms with van der Waals surface area (Å²) in [6, 6.07) is 16.5. The van der Waals surface area contributed by atoms with Gasteiger partial charge in [-0.3, -0.25) is 9.59 Å². The lowest BCUT2D eigenvalue weighted by Crippen LogP contribution is -2.43. The van der Waals surface area contributed by atoms with E-state index < -0.39 is 0 Å². The Labute approximate surface area is 186 Å². The van der Waals surface area contributed by atoms with Crippen LogP contribution in [0.15, 0.2) is 54.6 Å². The third-order valence-corrected chi connectivity index (χ3v) is 5.82. The largest absolute Gasteiger partial charge is 0.338 e. The fourth-order valence-corrected chi connectivity index (χ4v) is 4.15. The molecule has 7 heteroatoms. The van der Waals surface area contributed by atoms with Crippen molar-refractivity contribution in [2.24, 2.45) is 5.92 Å². The Kier molecular flexibility index (Phi) is 6.09. The van der Waals surface area contributed by atoms with Crippen LogP contribution in [0.1, 0.15) is 34.6 Å². The molecule has 1 aliphatic heterocycles. The Morgan fingerprint density at radius 1 is 1.10 bits per heavy atom. The van der Waals surface area contributed by atoms with E-state index in [4.69, 9.17) is 11.6 Å². The number of hydrogen-bond acceptors (Lipinski definition) is 3. The molecule has 2 heterocycles. The van der Waals surface area contributed by atoms with Crippen LogP contribution in [0.2, 0.25) is 5.02 Å². The SMILES string of the molecule is Cc1cc(C)n(-c2ccccc2NC(=O)C2CCCN(C(=O)c3ccc(Cl)cc3)C2)n1. The summed E-state index contributed by atoms with van der Waals surface area (Å²) >= 11 is 5.93. The zero-order valence-electron chi connectivity index (χ0n) is 17.6. The number of halogens is 1. The van der Waals surface area contributed by atoms with Gasteiger partial charge in [0.25, 0.3) is 5.91 Å². The molecule has 6 nitrogen and oxygen atoms in total. The van der Waals surface area contributed by atoms with Gasteiger partial charge in [-0.05, 0) is 69.2 Å². The highest BCUT2D eigenvalue weighted by molar-refractivity contribution is 6.30. The summed E-state index contributed by atoms with van der Waals surface area (Å²) in [4.78, 5) is 27.7. The van der Waals surface area contributed by atoms with E-state index in [2.05, 4.69) is 10.4 Å². The molecule has 1 aliphatic rings. The zero-order valence-corrected chi connectivity index (χ0v) is 18.4. The van der Waals surface area contributed by atoms with Crippen molar-refractivity contribution in [1.29, 1.82) is 0 Å². The molecule has 31 heavy (non-hydrogen) atoms. The van der Waals surface area contributed by atoms with Crippen LogP contribution in [-0.4, -0.2) is 39.6 Å². The molecule has 0 spiro atoms. The van der Waals surface area contributed by atoms with E-state index in [0.29, 0.717) is 29.4 Å².